The lowest BCUT2D eigenvalue weighted by molar-refractivity contribution is 0.216. The molecule has 4 aromatic carbocycles. The first-order valence-corrected chi connectivity index (χ1v) is 16.5. The summed E-state index contributed by atoms with van der Waals surface area (Å²) in [6.07, 6.45) is 8.06. The minimum atomic E-state index is -0.999. The first-order valence-electron chi connectivity index (χ1n) is 14.8. The Balaban J connectivity index is 0.939. The molecule has 8 nitrogen and oxygen atoms in total. The molecule has 2 aliphatic rings. The maximum absolute atomic E-state index is 12.9. The van der Waals surface area contributed by atoms with Gasteiger partial charge in [-0.05, 0) is 38.1 Å². The summed E-state index contributed by atoms with van der Waals surface area (Å²) in [5, 5.41) is 7.70. The van der Waals surface area contributed by atoms with E-state index in [-0.39, 0.29) is 12.3 Å². The number of nitrogens with one attached hydrogen (secondary N) is 2. The van der Waals surface area contributed by atoms with Gasteiger partial charge in [-0.1, -0.05) is 60.7 Å². The number of carbonyl (C=O) groups excluding carboxylic acids is 1. The van der Waals surface area contributed by atoms with Gasteiger partial charge in [-0.15, -0.1) is 22.7 Å². The van der Waals surface area contributed by atoms with Crippen molar-refractivity contribution in [2.24, 2.45) is 4.99 Å². The van der Waals surface area contributed by atoms with Crippen molar-refractivity contribution in [3.05, 3.63) is 115 Å². The summed E-state index contributed by atoms with van der Waals surface area (Å²) < 4.78 is 4.95. The summed E-state index contributed by atoms with van der Waals surface area (Å²) in [6.45, 7) is 4.11. The molecule has 8 rings (SSSR count). The summed E-state index contributed by atoms with van der Waals surface area (Å²) >= 11 is 3.56. The minimum absolute atomic E-state index is 0.0733. The molecule has 4 heterocycles. The number of benzene rings is 4. The van der Waals surface area contributed by atoms with Crippen molar-refractivity contribution in [1.29, 1.82) is 0 Å². The predicted octanol–water partition coefficient (Wildman–Crippen LogP) is 9.07. The van der Waals surface area contributed by atoms with Gasteiger partial charge in [-0.25, -0.2) is 4.79 Å². The van der Waals surface area contributed by atoms with E-state index in [9.17, 15) is 4.79 Å². The van der Waals surface area contributed by atoms with E-state index in [1.54, 1.807) is 22.7 Å². The van der Waals surface area contributed by atoms with E-state index in [0.717, 1.165) is 11.4 Å². The van der Waals surface area contributed by atoms with Gasteiger partial charge in [0.05, 0.1) is 20.8 Å². The Morgan fingerprint density at radius 3 is 1.89 bits per heavy atom. The molecule has 0 saturated carbocycles. The van der Waals surface area contributed by atoms with Crippen LogP contribution in [0.3, 0.4) is 0 Å². The molecule has 3 unspecified atom stereocenters. The van der Waals surface area contributed by atoms with Gasteiger partial charge in [0.1, 0.15) is 18.7 Å². The van der Waals surface area contributed by atoms with E-state index in [0.29, 0.717) is 0 Å². The van der Waals surface area contributed by atoms with Crippen molar-refractivity contribution in [2.45, 2.75) is 32.5 Å². The number of hydrogen-bond donors (Lipinski definition) is 1. The van der Waals surface area contributed by atoms with Gasteiger partial charge in [-0.2, -0.15) is 4.99 Å². The molecule has 0 aliphatic carbocycles. The number of fused-ring (bicyclic) bond motifs is 6. The third-order valence-electron chi connectivity index (χ3n) is 8.66. The molecule has 45 heavy (non-hydrogen) atoms. The summed E-state index contributed by atoms with van der Waals surface area (Å²) in [5.41, 5.74) is 10.9. The van der Waals surface area contributed by atoms with Gasteiger partial charge in [-0.3, -0.25) is 0 Å². The second-order valence-corrected chi connectivity index (χ2v) is 13.3. The minimum Gasteiger partial charge on any atom is -0.640 e. The average Bonchev–Trinajstić information content (AvgIpc) is 3.82. The smallest absolute Gasteiger partial charge is 0.342 e. The second-order valence-electron chi connectivity index (χ2n) is 11.2. The molecule has 0 spiro atoms. The highest BCUT2D eigenvalue weighted by atomic mass is 32.1. The topological polar surface area (TPSA) is 78.2 Å². The Kier molecular flexibility index (Phi) is 6.71. The van der Waals surface area contributed by atoms with E-state index in [2.05, 4.69) is 112 Å². The van der Waals surface area contributed by atoms with Crippen LogP contribution in [-0.4, -0.2) is 40.8 Å². The normalized spacial score (nSPS) is 19.0. The Hall–Kier alpha value is -4.90. The van der Waals surface area contributed by atoms with Crippen LogP contribution >= 0.6 is 22.7 Å². The summed E-state index contributed by atoms with van der Waals surface area (Å²) in [6, 6.07) is 29.1. The van der Waals surface area contributed by atoms with Crippen LogP contribution in [0, 0.1) is 0 Å². The Morgan fingerprint density at radius 2 is 1.27 bits per heavy atom. The van der Waals surface area contributed by atoms with Crippen LogP contribution in [0.1, 0.15) is 13.8 Å². The van der Waals surface area contributed by atoms with Crippen molar-refractivity contribution in [1.82, 2.24) is 15.1 Å². The molecule has 2 aliphatic heterocycles. The number of thiophene rings is 2. The highest BCUT2D eigenvalue weighted by molar-refractivity contribution is 7.26. The predicted molar refractivity (Wildman–Crippen MR) is 190 cm³/mol. The number of hydrogen-bond acceptors (Lipinski definition) is 6. The van der Waals surface area contributed by atoms with E-state index < -0.39 is 12.3 Å². The zero-order valence-corrected chi connectivity index (χ0v) is 26.3. The van der Waals surface area contributed by atoms with Crippen molar-refractivity contribution < 1.29 is 4.79 Å². The molecule has 2 amide bonds. The molecule has 0 saturated heterocycles. The van der Waals surface area contributed by atoms with Crippen LogP contribution in [-0.2, 0) is 0 Å². The fourth-order valence-corrected chi connectivity index (χ4v) is 8.74. The lowest BCUT2D eigenvalue weighted by Gasteiger charge is -2.38. The first kappa shape index (κ1) is 27.6. The monoisotopic (exact) mass is 628 g/mol. The standard InChI is InChI=1S/C35H30N7OS2/c1-22-39(17-18-40(22)28-13-7-11-26-24-9-3-5-15-30(24)44-32(26)28)21-37-35(43)38-34(36)42-20-19-41(23(42)2)29-14-8-12-27-25-10-4-6-16-31(25)45-33(27)29/h3-23,34,36H,1-2H3,(H,38,43)/q-1/b37-21+. The zero-order chi connectivity index (χ0) is 30.7. The van der Waals surface area contributed by atoms with Crippen molar-refractivity contribution in [3.63, 3.8) is 0 Å². The quantitative estimate of drug-likeness (QED) is 0.152. The van der Waals surface area contributed by atoms with Gasteiger partial charge >= 0.3 is 6.03 Å². The summed E-state index contributed by atoms with van der Waals surface area (Å²) in [5.74, 6) is 0. The lowest BCUT2D eigenvalue weighted by atomic mass is 10.1. The van der Waals surface area contributed by atoms with Gasteiger partial charge in [0.25, 0.3) is 0 Å². The number of amides is 2. The number of anilines is 2. The SMILES string of the molecule is CC1N(/C=N/C(=O)NC([NH-])N2C=CN(c3cccc4c3sc3ccccc34)C2C)C=CN1c1cccc2c1sc1ccccc12. The van der Waals surface area contributed by atoms with Gasteiger partial charge in [0.2, 0.25) is 0 Å². The lowest BCUT2D eigenvalue weighted by Crippen LogP contribution is -2.48. The van der Waals surface area contributed by atoms with E-state index in [1.807, 2.05) is 41.5 Å². The maximum Gasteiger partial charge on any atom is 0.342 e. The Labute approximate surface area is 268 Å². The third-order valence-corrected chi connectivity index (χ3v) is 11.1. The van der Waals surface area contributed by atoms with Crippen LogP contribution < -0.4 is 15.1 Å². The molecular formula is C35H30N7OS2-. The van der Waals surface area contributed by atoms with Crippen LogP contribution in [0.5, 0.6) is 0 Å². The molecular weight excluding hydrogens is 599 g/mol. The fourth-order valence-electron chi connectivity index (χ4n) is 6.30. The summed E-state index contributed by atoms with van der Waals surface area (Å²) in [4.78, 5) is 25.1. The Morgan fingerprint density at radius 1 is 0.733 bits per heavy atom. The highest BCUT2D eigenvalue weighted by Crippen LogP contribution is 2.42. The van der Waals surface area contributed by atoms with Crippen LogP contribution in [0.25, 0.3) is 46.1 Å². The number of carbonyl (C=O) groups is 1. The third kappa shape index (κ3) is 4.61. The second kappa shape index (κ2) is 10.9. The molecule has 10 heteroatoms. The van der Waals surface area contributed by atoms with Crippen LogP contribution in [0.4, 0.5) is 16.2 Å². The van der Waals surface area contributed by atoms with Crippen molar-refractivity contribution >= 4 is 86.8 Å². The first-order chi connectivity index (χ1) is 22.0. The van der Waals surface area contributed by atoms with Gasteiger partial charge in [0, 0.05) is 62.0 Å². The molecule has 0 fully saturated rings. The van der Waals surface area contributed by atoms with Gasteiger partial charge < -0.3 is 30.7 Å². The van der Waals surface area contributed by atoms with Crippen LogP contribution in [0.2, 0.25) is 0 Å². The number of aliphatic imine (C=N–C) groups is 1. The summed E-state index contributed by atoms with van der Waals surface area (Å²) in [7, 11) is 0. The van der Waals surface area contributed by atoms with E-state index in [4.69, 9.17) is 5.73 Å². The average molecular weight is 629 g/mol. The molecule has 3 atom stereocenters. The molecule has 2 N–H and O–H groups in total. The molecule has 6 aromatic rings. The number of rotatable bonds is 5. The van der Waals surface area contributed by atoms with Gasteiger partial charge in [0.15, 0.2) is 0 Å². The van der Waals surface area contributed by atoms with E-state index in [1.165, 1.54) is 46.7 Å². The van der Waals surface area contributed by atoms with E-state index >= 15 is 0 Å². The van der Waals surface area contributed by atoms with Crippen molar-refractivity contribution in [2.75, 3.05) is 9.80 Å². The molecule has 224 valence electrons. The fraction of sp³-hybridized carbons (Fsp3) is 0.143. The molecule has 2 aromatic heterocycles. The largest absolute Gasteiger partial charge is 0.640 e. The van der Waals surface area contributed by atoms with Crippen molar-refractivity contribution in [3.8, 4) is 0 Å². The maximum atomic E-state index is 12.9. The highest BCUT2D eigenvalue weighted by Gasteiger charge is 2.28. The Bertz CT molecular complexity index is 2180. The molecule has 0 bridgehead atoms. The zero-order valence-electron chi connectivity index (χ0n) is 24.7. The number of urea groups is 1. The van der Waals surface area contributed by atoms with Crippen LogP contribution in [0.15, 0.2) is 115 Å². The molecule has 0 radical (unpaired) electrons. The number of nitrogens with zero attached hydrogens (tertiary/aromatic N) is 5.